The van der Waals surface area contributed by atoms with E-state index in [0.29, 0.717) is 6.54 Å². The highest BCUT2D eigenvalue weighted by molar-refractivity contribution is 7.09. The first-order valence-corrected chi connectivity index (χ1v) is 4.43. The Kier molecular flexibility index (Phi) is 3.19. The number of carbonyl (C=O) groups is 1. The van der Waals surface area contributed by atoms with Gasteiger partial charge in [0.05, 0.1) is 11.4 Å². The predicted octanol–water partition coefficient (Wildman–Crippen LogP) is 0.660. The van der Waals surface area contributed by atoms with Crippen molar-refractivity contribution in [2.24, 2.45) is 5.73 Å². The Morgan fingerprint density at radius 3 is 3.00 bits per heavy atom. The fourth-order valence-corrected chi connectivity index (χ4v) is 1.67. The van der Waals surface area contributed by atoms with E-state index in [2.05, 4.69) is 4.98 Å². The second-order valence-corrected chi connectivity index (χ2v) is 3.33. The van der Waals surface area contributed by atoms with Gasteiger partial charge in [-0.2, -0.15) is 0 Å². The molecule has 1 heterocycles. The molecule has 1 atom stereocenters. The van der Waals surface area contributed by atoms with Crippen LogP contribution in [0.25, 0.3) is 0 Å². The van der Waals surface area contributed by atoms with Gasteiger partial charge < -0.3 is 10.8 Å². The normalized spacial score (nSPS) is 12.8. The third kappa shape index (κ3) is 2.28. The maximum absolute atomic E-state index is 10.4. The van der Waals surface area contributed by atoms with E-state index in [9.17, 15) is 4.79 Å². The van der Waals surface area contributed by atoms with E-state index >= 15 is 0 Å². The summed E-state index contributed by atoms with van der Waals surface area (Å²) in [7, 11) is 0. The number of aliphatic carboxylic acids is 1. The summed E-state index contributed by atoms with van der Waals surface area (Å²) in [4.78, 5) is 14.4. The summed E-state index contributed by atoms with van der Waals surface area (Å²) in [5.41, 5.74) is 5.42. The van der Waals surface area contributed by atoms with Crippen LogP contribution in [0.4, 0.5) is 0 Å². The van der Waals surface area contributed by atoms with Crippen LogP contribution in [0.1, 0.15) is 17.3 Å². The molecule has 5 heteroatoms. The fraction of sp³-hybridized carbons (Fsp3) is 0.429. The van der Waals surface area contributed by atoms with Crippen LogP contribution >= 0.6 is 11.3 Å². The van der Waals surface area contributed by atoms with Crippen molar-refractivity contribution in [3.8, 4) is 0 Å². The molecule has 1 aromatic rings. The molecule has 1 unspecified atom stereocenters. The fourth-order valence-electron chi connectivity index (χ4n) is 0.918. The van der Waals surface area contributed by atoms with Gasteiger partial charge in [0.2, 0.25) is 0 Å². The molecular weight excluding hydrogens is 176 g/mol. The van der Waals surface area contributed by atoms with Gasteiger partial charge in [0.1, 0.15) is 0 Å². The first kappa shape index (κ1) is 9.15. The zero-order chi connectivity index (χ0) is 8.97. The van der Waals surface area contributed by atoms with Gasteiger partial charge in [-0.1, -0.05) is 0 Å². The Morgan fingerprint density at radius 1 is 1.83 bits per heavy atom. The van der Waals surface area contributed by atoms with E-state index in [0.717, 1.165) is 5.01 Å². The van der Waals surface area contributed by atoms with E-state index in [1.165, 1.54) is 11.3 Å². The molecule has 0 radical (unpaired) electrons. The number of nitrogens with two attached hydrogens (primary N) is 1. The van der Waals surface area contributed by atoms with Crippen LogP contribution in [0.3, 0.4) is 0 Å². The molecule has 12 heavy (non-hydrogen) atoms. The lowest BCUT2D eigenvalue weighted by molar-refractivity contribution is -0.137. The Morgan fingerprint density at radius 2 is 2.58 bits per heavy atom. The number of hydrogen-bond acceptors (Lipinski definition) is 4. The van der Waals surface area contributed by atoms with Crippen molar-refractivity contribution < 1.29 is 9.90 Å². The van der Waals surface area contributed by atoms with Crippen molar-refractivity contribution in [3.63, 3.8) is 0 Å². The summed E-state index contributed by atoms with van der Waals surface area (Å²) in [6.45, 7) is 0.333. The lowest BCUT2D eigenvalue weighted by Gasteiger charge is -2.07. The largest absolute Gasteiger partial charge is 0.481 e. The van der Waals surface area contributed by atoms with Crippen LogP contribution < -0.4 is 5.73 Å². The monoisotopic (exact) mass is 186 g/mol. The molecule has 0 aromatic carbocycles. The van der Waals surface area contributed by atoms with Gasteiger partial charge in [-0.25, -0.2) is 4.98 Å². The number of carboxylic acids is 1. The second-order valence-electron chi connectivity index (χ2n) is 2.40. The number of thiazole rings is 1. The molecule has 3 N–H and O–H groups in total. The molecule has 1 rings (SSSR count). The van der Waals surface area contributed by atoms with Crippen molar-refractivity contribution in [1.29, 1.82) is 0 Å². The first-order chi connectivity index (χ1) is 5.74. The van der Waals surface area contributed by atoms with E-state index in [-0.39, 0.29) is 12.3 Å². The van der Waals surface area contributed by atoms with Crippen LogP contribution in [0.5, 0.6) is 0 Å². The maximum Gasteiger partial charge on any atom is 0.304 e. The van der Waals surface area contributed by atoms with E-state index in [1.54, 1.807) is 6.20 Å². The lowest BCUT2D eigenvalue weighted by atomic mass is 10.1. The number of nitrogens with zero attached hydrogens (tertiary/aromatic N) is 1. The minimum Gasteiger partial charge on any atom is -0.481 e. The molecule has 0 fully saturated rings. The molecule has 0 saturated heterocycles. The van der Waals surface area contributed by atoms with Gasteiger partial charge in [-0.05, 0) is 0 Å². The average Bonchev–Trinajstić information content (AvgIpc) is 2.51. The van der Waals surface area contributed by atoms with Crippen molar-refractivity contribution >= 4 is 17.3 Å². The summed E-state index contributed by atoms with van der Waals surface area (Å²) in [5, 5.41) is 11.2. The summed E-state index contributed by atoms with van der Waals surface area (Å²) >= 11 is 1.44. The third-order valence-electron chi connectivity index (χ3n) is 1.51. The number of aromatic nitrogens is 1. The summed E-state index contributed by atoms with van der Waals surface area (Å²) < 4.78 is 0. The van der Waals surface area contributed by atoms with Gasteiger partial charge in [0, 0.05) is 24.0 Å². The predicted molar refractivity (Wildman–Crippen MR) is 46.2 cm³/mol. The number of carboxylic acid groups (broad SMARTS) is 1. The summed E-state index contributed by atoms with van der Waals surface area (Å²) in [5.74, 6) is -0.969. The third-order valence-corrected chi connectivity index (χ3v) is 2.44. The minimum atomic E-state index is -0.833. The highest BCUT2D eigenvalue weighted by Crippen LogP contribution is 2.20. The minimum absolute atomic E-state index is 0.0595. The average molecular weight is 186 g/mol. The van der Waals surface area contributed by atoms with E-state index in [4.69, 9.17) is 10.8 Å². The lowest BCUT2D eigenvalue weighted by Crippen LogP contribution is -2.15. The molecule has 0 spiro atoms. The highest BCUT2D eigenvalue weighted by Gasteiger charge is 2.15. The Labute approximate surface area is 74.0 Å². The molecule has 4 nitrogen and oxygen atoms in total. The van der Waals surface area contributed by atoms with Gasteiger partial charge in [0.25, 0.3) is 0 Å². The Balaban J connectivity index is 2.63. The quantitative estimate of drug-likeness (QED) is 0.724. The van der Waals surface area contributed by atoms with Crippen LogP contribution in [-0.2, 0) is 4.79 Å². The highest BCUT2D eigenvalue weighted by atomic mass is 32.1. The molecule has 66 valence electrons. The van der Waals surface area contributed by atoms with Gasteiger partial charge in [0.15, 0.2) is 0 Å². The molecule has 0 bridgehead atoms. The van der Waals surface area contributed by atoms with Gasteiger partial charge in [-0.15, -0.1) is 11.3 Å². The topological polar surface area (TPSA) is 76.2 Å². The summed E-state index contributed by atoms with van der Waals surface area (Å²) in [6.07, 6.45) is 1.72. The van der Waals surface area contributed by atoms with E-state index in [1.807, 2.05) is 5.38 Å². The smallest absolute Gasteiger partial charge is 0.304 e. The standard InChI is InChI=1S/C7H10N2O2S/c8-4-5(3-6(10)11)7-9-1-2-12-7/h1-2,5H,3-4,8H2,(H,10,11). The molecule has 1 aromatic heterocycles. The second kappa shape index (κ2) is 4.18. The van der Waals surface area contributed by atoms with Crippen LogP contribution in [0.2, 0.25) is 0 Å². The molecule has 0 aliphatic rings. The van der Waals surface area contributed by atoms with E-state index < -0.39 is 5.97 Å². The van der Waals surface area contributed by atoms with Crippen LogP contribution in [0.15, 0.2) is 11.6 Å². The molecule has 0 saturated carbocycles. The Hall–Kier alpha value is -0.940. The zero-order valence-electron chi connectivity index (χ0n) is 6.43. The first-order valence-electron chi connectivity index (χ1n) is 3.55. The zero-order valence-corrected chi connectivity index (χ0v) is 7.25. The van der Waals surface area contributed by atoms with Gasteiger partial charge >= 0.3 is 5.97 Å². The molecule has 0 aliphatic heterocycles. The number of hydrogen-bond donors (Lipinski definition) is 2. The maximum atomic E-state index is 10.4. The molecule has 0 amide bonds. The SMILES string of the molecule is NCC(CC(=O)O)c1nccs1. The van der Waals surface area contributed by atoms with Crippen LogP contribution in [-0.4, -0.2) is 22.6 Å². The van der Waals surface area contributed by atoms with Crippen molar-refractivity contribution in [2.45, 2.75) is 12.3 Å². The molecule has 0 aliphatic carbocycles. The van der Waals surface area contributed by atoms with Gasteiger partial charge in [-0.3, -0.25) is 4.79 Å². The number of rotatable bonds is 4. The van der Waals surface area contributed by atoms with Crippen molar-refractivity contribution in [1.82, 2.24) is 4.98 Å². The van der Waals surface area contributed by atoms with Crippen LogP contribution in [0, 0.1) is 0 Å². The van der Waals surface area contributed by atoms with Crippen molar-refractivity contribution in [2.75, 3.05) is 6.54 Å². The molecular formula is C7H10N2O2S. The Bertz CT molecular complexity index is 248. The summed E-state index contributed by atoms with van der Waals surface area (Å²) in [6, 6.07) is 0. The van der Waals surface area contributed by atoms with Crippen molar-refractivity contribution in [3.05, 3.63) is 16.6 Å².